The Labute approximate surface area is 216 Å². The minimum absolute atomic E-state index is 0.128. The highest BCUT2D eigenvalue weighted by Crippen LogP contribution is 2.33. The molecule has 1 fully saturated rings. The summed E-state index contributed by atoms with van der Waals surface area (Å²) in [6.07, 6.45) is 2.16. The molecule has 2 atom stereocenters. The Morgan fingerprint density at radius 1 is 0.703 bits per heavy atom. The number of carbonyl (C=O) groups is 2. The Hall–Kier alpha value is -3.38. The third-order valence-corrected chi connectivity index (χ3v) is 9.58. The molecule has 198 valence electrons. The molecular formula is C25H28N2O8S2. The van der Waals surface area contributed by atoms with Crippen molar-refractivity contribution in [3.05, 3.63) is 71.8 Å². The van der Waals surface area contributed by atoms with Crippen LogP contribution in [-0.2, 0) is 29.1 Å². The van der Waals surface area contributed by atoms with E-state index in [2.05, 4.69) is 0 Å². The van der Waals surface area contributed by atoms with Gasteiger partial charge in [-0.2, -0.15) is 0 Å². The zero-order valence-electron chi connectivity index (χ0n) is 20.4. The summed E-state index contributed by atoms with van der Waals surface area (Å²) in [5.41, 5.74) is 1.84. The molecule has 2 aliphatic rings. The molecule has 0 saturated carbocycles. The van der Waals surface area contributed by atoms with Crippen LogP contribution in [0.4, 0.5) is 9.59 Å². The van der Waals surface area contributed by atoms with Crippen LogP contribution in [0.1, 0.15) is 17.5 Å². The summed E-state index contributed by atoms with van der Waals surface area (Å²) in [5.74, 6) is -0.832. The van der Waals surface area contributed by atoms with Crippen LogP contribution in [0.3, 0.4) is 0 Å². The second-order valence-electron chi connectivity index (χ2n) is 8.94. The SMILES string of the molecule is Cc1ccc(S(=O)(=O)CCOC(=O)N2[C@H]3C=C[C@@H](C3)N2C(=O)OCCS(=O)(=O)c2ccc(C)cc2)cc1. The van der Waals surface area contributed by atoms with Crippen molar-refractivity contribution >= 4 is 31.9 Å². The maximum atomic E-state index is 12.8. The summed E-state index contributed by atoms with van der Waals surface area (Å²) >= 11 is 0. The fraction of sp³-hybridized carbons (Fsp3) is 0.360. The van der Waals surface area contributed by atoms with Gasteiger partial charge in [-0.05, 0) is 44.5 Å². The molecule has 0 aromatic heterocycles. The lowest BCUT2D eigenvalue weighted by Gasteiger charge is -2.33. The molecule has 0 spiro atoms. The van der Waals surface area contributed by atoms with Gasteiger partial charge in [0.1, 0.15) is 13.2 Å². The van der Waals surface area contributed by atoms with Crippen molar-refractivity contribution in [3.63, 3.8) is 0 Å². The van der Waals surface area contributed by atoms with E-state index in [9.17, 15) is 26.4 Å². The summed E-state index contributed by atoms with van der Waals surface area (Å²) in [6, 6.07) is 11.8. The number of hydrazine groups is 1. The third-order valence-electron chi connectivity index (χ3n) is 6.19. The van der Waals surface area contributed by atoms with E-state index in [1.54, 1.807) is 36.4 Å². The lowest BCUT2D eigenvalue weighted by Crippen LogP contribution is -2.52. The van der Waals surface area contributed by atoms with E-state index >= 15 is 0 Å². The van der Waals surface area contributed by atoms with Crippen LogP contribution in [0, 0.1) is 13.8 Å². The lowest BCUT2D eigenvalue weighted by molar-refractivity contribution is -0.0127. The monoisotopic (exact) mass is 548 g/mol. The highest BCUT2D eigenvalue weighted by Gasteiger charge is 2.48. The van der Waals surface area contributed by atoms with Gasteiger partial charge in [0.2, 0.25) is 0 Å². The van der Waals surface area contributed by atoms with Crippen LogP contribution in [0.25, 0.3) is 0 Å². The molecule has 4 rings (SSSR count). The maximum Gasteiger partial charge on any atom is 0.429 e. The molecule has 12 heteroatoms. The third kappa shape index (κ3) is 5.96. The molecule has 0 N–H and O–H groups in total. The van der Waals surface area contributed by atoms with Gasteiger partial charge in [-0.3, -0.25) is 0 Å². The predicted molar refractivity (Wildman–Crippen MR) is 134 cm³/mol. The van der Waals surface area contributed by atoms with Crippen molar-refractivity contribution in [2.75, 3.05) is 24.7 Å². The molecule has 2 aromatic carbocycles. The van der Waals surface area contributed by atoms with Gasteiger partial charge in [0, 0.05) is 0 Å². The number of aryl methyl sites for hydroxylation is 2. The first-order chi connectivity index (χ1) is 17.5. The van der Waals surface area contributed by atoms with Crippen molar-refractivity contribution in [1.29, 1.82) is 0 Å². The first-order valence-corrected chi connectivity index (χ1v) is 15.0. The molecule has 1 aliphatic carbocycles. The van der Waals surface area contributed by atoms with Gasteiger partial charge in [-0.15, -0.1) is 0 Å². The van der Waals surface area contributed by atoms with E-state index < -0.39 is 68.7 Å². The van der Waals surface area contributed by atoms with E-state index in [0.717, 1.165) is 21.1 Å². The average molecular weight is 549 g/mol. The molecule has 1 saturated heterocycles. The standard InChI is InChI=1S/C25H28N2O8S2/c1-18-3-9-22(10-4-18)36(30,31)15-13-34-24(28)26-20-7-8-21(17-20)27(26)25(29)35-14-16-37(32,33)23-11-5-19(2)6-12-23/h3-12,20-21H,13-17H2,1-2H3/t20-,21-/m0/s1. The van der Waals surface area contributed by atoms with Crippen LogP contribution in [0.2, 0.25) is 0 Å². The van der Waals surface area contributed by atoms with Crippen molar-refractivity contribution in [2.45, 2.75) is 42.1 Å². The second-order valence-corrected chi connectivity index (χ2v) is 13.2. The summed E-state index contributed by atoms with van der Waals surface area (Å²) < 4.78 is 60.4. The number of carbonyl (C=O) groups excluding carboxylic acids is 2. The Bertz CT molecular complexity index is 1290. The van der Waals surface area contributed by atoms with Crippen LogP contribution in [-0.4, -0.2) is 75.8 Å². The van der Waals surface area contributed by atoms with E-state index in [0.29, 0.717) is 6.42 Å². The zero-order valence-corrected chi connectivity index (χ0v) is 22.1. The van der Waals surface area contributed by atoms with Gasteiger partial charge in [0.15, 0.2) is 19.7 Å². The average Bonchev–Trinajstić information content (AvgIpc) is 3.46. The van der Waals surface area contributed by atoms with E-state index in [-0.39, 0.29) is 9.79 Å². The molecule has 0 unspecified atom stereocenters. The number of nitrogens with zero attached hydrogens (tertiary/aromatic N) is 2. The van der Waals surface area contributed by atoms with Crippen LogP contribution in [0.5, 0.6) is 0 Å². The molecule has 1 heterocycles. The van der Waals surface area contributed by atoms with Gasteiger partial charge in [0.05, 0.1) is 33.4 Å². The van der Waals surface area contributed by atoms with E-state index in [1.807, 2.05) is 13.8 Å². The molecule has 37 heavy (non-hydrogen) atoms. The molecule has 0 radical (unpaired) electrons. The van der Waals surface area contributed by atoms with Gasteiger partial charge < -0.3 is 9.47 Å². The lowest BCUT2D eigenvalue weighted by atomic mass is 10.2. The molecule has 2 bridgehead atoms. The van der Waals surface area contributed by atoms with E-state index in [1.165, 1.54) is 24.3 Å². The smallest absolute Gasteiger partial charge is 0.429 e. The summed E-state index contributed by atoms with van der Waals surface area (Å²) in [6.45, 7) is 2.89. The quantitative estimate of drug-likeness (QED) is 0.461. The Balaban J connectivity index is 1.33. The minimum atomic E-state index is -3.66. The highest BCUT2D eigenvalue weighted by molar-refractivity contribution is 7.91. The number of amides is 2. The van der Waals surface area contributed by atoms with Crippen LogP contribution >= 0.6 is 0 Å². The van der Waals surface area contributed by atoms with Gasteiger partial charge >= 0.3 is 12.2 Å². The van der Waals surface area contributed by atoms with E-state index in [4.69, 9.17) is 9.47 Å². The first kappa shape index (κ1) is 26.7. The maximum absolute atomic E-state index is 12.8. The zero-order chi connectivity index (χ0) is 26.8. The Morgan fingerprint density at radius 2 is 1.05 bits per heavy atom. The number of ether oxygens (including phenoxy) is 2. The summed E-state index contributed by atoms with van der Waals surface area (Å²) in [4.78, 5) is 25.8. The Morgan fingerprint density at radius 3 is 1.41 bits per heavy atom. The van der Waals surface area contributed by atoms with Crippen LogP contribution in [0.15, 0.2) is 70.5 Å². The van der Waals surface area contributed by atoms with Crippen molar-refractivity contribution in [2.24, 2.45) is 0 Å². The molecule has 10 nitrogen and oxygen atoms in total. The highest BCUT2D eigenvalue weighted by atomic mass is 32.2. The predicted octanol–water partition coefficient (Wildman–Crippen LogP) is 3.05. The normalized spacial score (nSPS) is 18.8. The molecule has 2 aromatic rings. The number of hydrogen-bond donors (Lipinski definition) is 0. The minimum Gasteiger partial charge on any atom is -0.447 e. The first-order valence-electron chi connectivity index (χ1n) is 11.7. The molecule has 2 amide bonds. The number of rotatable bonds is 8. The summed E-state index contributed by atoms with van der Waals surface area (Å²) in [7, 11) is -7.32. The van der Waals surface area contributed by atoms with Crippen molar-refractivity contribution < 1.29 is 35.9 Å². The van der Waals surface area contributed by atoms with Crippen molar-refractivity contribution in [1.82, 2.24) is 10.0 Å². The fourth-order valence-corrected chi connectivity index (χ4v) is 6.31. The number of fused-ring (bicyclic) bond motifs is 2. The molecular weight excluding hydrogens is 520 g/mol. The van der Waals surface area contributed by atoms with Gasteiger partial charge in [-0.25, -0.2) is 36.4 Å². The largest absolute Gasteiger partial charge is 0.447 e. The van der Waals surface area contributed by atoms with Gasteiger partial charge in [-0.1, -0.05) is 47.5 Å². The topological polar surface area (TPSA) is 127 Å². The second kappa shape index (κ2) is 10.5. The number of hydrogen-bond acceptors (Lipinski definition) is 8. The Kier molecular flexibility index (Phi) is 7.60. The van der Waals surface area contributed by atoms with Gasteiger partial charge in [0.25, 0.3) is 0 Å². The number of benzene rings is 2. The van der Waals surface area contributed by atoms with Crippen molar-refractivity contribution in [3.8, 4) is 0 Å². The summed E-state index contributed by atoms with van der Waals surface area (Å²) in [5, 5.41) is 2.17. The number of sulfone groups is 2. The molecule has 1 aliphatic heterocycles. The van der Waals surface area contributed by atoms with Crippen LogP contribution < -0.4 is 0 Å². The fourth-order valence-electron chi connectivity index (χ4n) is 4.13.